The van der Waals surface area contributed by atoms with Crippen molar-refractivity contribution >= 4 is 16.9 Å². The van der Waals surface area contributed by atoms with Crippen LogP contribution in [-0.4, -0.2) is 13.0 Å². The lowest BCUT2D eigenvalue weighted by atomic mass is 10.0. The minimum absolute atomic E-state index is 0.0460. The zero-order valence-electron chi connectivity index (χ0n) is 16.1. The first kappa shape index (κ1) is 18.3. The van der Waals surface area contributed by atoms with Gasteiger partial charge in [-0.25, -0.2) is 4.79 Å². The van der Waals surface area contributed by atoms with Crippen LogP contribution in [0, 0.1) is 6.92 Å². The quantitative estimate of drug-likeness (QED) is 0.686. The summed E-state index contributed by atoms with van der Waals surface area (Å²) in [5.74, 6) is 0.592. The lowest BCUT2D eigenvalue weighted by molar-refractivity contribution is -0.121. The highest BCUT2D eigenvalue weighted by Crippen LogP contribution is 2.31. The number of methoxy groups -OCH3 is 1. The van der Waals surface area contributed by atoms with Crippen molar-refractivity contribution < 1.29 is 13.9 Å². The number of benzene rings is 2. The molecule has 0 saturated carbocycles. The zero-order chi connectivity index (χ0) is 19.7. The minimum Gasteiger partial charge on any atom is -0.497 e. The number of nitrogens with one attached hydrogen (secondary N) is 1. The molecule has 1 aromatic heterocycles. The Labute approximate surface area is 163 Å². The van der Waals surface area contributed by atoms with Crippen molar-refractivity contribution in [2.24, 2.45) is 0 Å². The number of aryl methyl sites for hydroxylation is 2. The molecule has 0 radical (unpaired) electrons. The average Bonchev–Trinajstić information content (AvgIpc) is 3.10. The number of carbonyl (C=O) groups is 1. The molecule has 28 heavy (non-hydrogen) atoms. The molecule has 1 heterocycles. The van der Waals surface area contributed by atoms with E-state index in [-0.39, 0.29) is 18.4 Å². The topological polar surface area (TPSA) is 68.5 Å². The number of rotatable bonds is 5. The number of amides is 1. The summed E-state index contributed by atoms with van der Waals surface area (Å²) in [6.07, 6.45) is 2.52. The van der Waals surface area contributed by atoms with Gasteiger partial charge in [-0.1, -0.05) is 24.3 Å². The summed E-state index contributed by atoms with van der Waals surface area (Å²) in [7, 11) is 1.57. The lowest BCUT2D eigenvalue weighted by Crippen LogP contribution is -2.28. The van der Waals surface area contributed by atoms with Crippen LogP contribution in [0.15, 0.2) is 51.7 Å². The van der Waals surface area contributed by atoms with Crippen LogP contribution >= 0.6 is 0 Å². The van der Waals surface area contributed by atoms with E-state index < -0.39 is 5.63 Å². The van der Waals surface area contributed by atoms with Gasteiger partial charge in [0.05, 0.1) is 13.2 Å². The van der Waals surface area contributed by atoms with Gasteiger partial charge in [0.25, 0.3) is 0 Å². The largest absolute Gasteiger partial charge is 0.497 e. The first-order valence-corrected chi connectivity index (χ1v) is 9.54. The normalized spacial score (nSPS) is 15.4. The molecule has 5 heteroatoms. The van der Waals surface area contributed by atoms with Crippen LogP contribution in [0.25, 0.3) is 11.0 Å². The fraction of sp³-hybridized carbons (Fsp3) is 0.304. The second-order valence-electron chi connectivity index (χ2n) is 7.21. The molecule has 0 fully saturated rings. The number of ether oxygens (including phenoxy) is 1. The summed E-state index contributed by atoms with van der Waals surface area (Å²) < 4.78 is 10.6. The molecule has 4 rings (SSSR count). The Kier molecular flexibility index (Phi) is 4.90. The number of fused-ring (bicyclic) bond motifs is 2. The predicted molar refractivity (Wildman–Crippen MR) is 108 cm³/mol. The van der Waals surface area contributed by atoms with Gasteiger partial charge in [-0.05, 0) is 55.0 Å². The van der Waals surface area contributed by atoms with Crippen molar-refractivity contribution in [2.45, 2.75) is 38.6 Å². The Balaban J connectivity index is 1.48. The number of carbonyl (C=O) groups excluding carboxylic acids is 1. The predicted octanol–water partition coefficient (Wildman–Crippen LogP) is 3.85. The maximum absolute atomic E-state index is 12.5. The first-order valence-electron chi connectivity index (χ1n) is 9.54. The maximum atomic E-state index is 12.5. The summed E-state index contributed by atoms with van der Waals surface area (Å²) >= 11 is 0. The van der Waals surface area contributed by atoms with Gasteiger partial charge in [0.15, 0.2) is 0 Å². The van der Waals surface area contributed by atoms with Gasteiger partial charge in [-0.3, -0.25) is 4.79 Å². The fourth-order valence-electron chi connectivity index (χ4n) is 4.00. The molecule has 1 amide bonds. The van der Waals surface area contributed by atoms with Crippen LogP contribution < -0.4 is 15.7 Å². The average molecular weight is 377 g/mol. The summed E-state index contributed by atoms with van der Waals surface area (Å²) in [6.45, 7) is 1.90. The third kappa shape index (κ3) is 3.40. The van der Waals surface area contributed by atoms with E-state index in [0.29, 0.717) is 23.3 Å². The second-order valence-corrected chi connectivity index (χ2v) is 7.21. The molecule has 0 spiro atoms. The molecular weight excluding hydrogens is 354 g/mol. The van der Waals surface area contributed by atoms with Crippen molar-refractivity contribution in [3.8, 4) is 5.75 Å². The molecular formula is C23H23NO4. The standard InChI is InChI=1S/C23H23NO4/c1-14-17-9-8-16(27-2)13-21(17)28-23(26)18(14)10-12-22(25)24-20-11-7-15-5-3-4-6-19(15)20/h3-6,8-9,13,20H,7,10-12H2,1-2H3,(H,24,25). The fourth-order valence-corrected chi connectivity index (χ4v) is 4.00. The van der Waals surface area contributed by atoms with Crippen LogP contribution in [0.2, 0.25) is 0 Å². The Morgan fingerprint density at radius 1 is 1.25 bits per heavy atom. The van der Waals surface area contributed by atoms with Gasteiger partial charge >= 0.3 is 5.63 Å². The molecule has 0 saturated heterocycles. The second kappa shape index (κ2) is 7.50. The molecule has 1 atom stereocenters. The van der Waals surface area contributed by atoms with Crippen molar-refractivity contribution in [1.82, 2.24) is 5.32 Å². The molecule has 1 aliphatic rings. The molecule has 5 nitrogen and oxygen atoms in total. The molecule has 0 aliphatic heterocycles. The Hall–Kier alpha value is -3.08. The molecule has 3 aromatic rings. The lowest BCUT2D eigenvalue weighted by Gasteiger charge is -2.14. The van der Waals surface area contributed by atoms with E-state index in [1.807, 2.05) is 31.2 Å². The van der Waals surface area contributed by atoms with Gasteiger partial charge in [0.1, 0.15) is 11.3 Å². The highest BCUT2D eigenvalue weighted by molar-refractivity contribution is 5.83. The summed E-state index contributed by atoms with van der Waals surface area (Å²) in [5.41, 5.74) is 4.02. The number of hydrogen-bond donors (Lipinski definition) is 1. The van der Waals surface area contributed by atoms with E-state index in [0.717, 1.165) is 23.8 Å². The van der Waals surface area contributed by atoms with E-state index in [1.54, 1.807) is 13.2 Å². The van der Waals surface area contributed by atoms with Crippen LogP contribution in [0.3, 0.4) is 0 Å². The van der Waals surface area contributed by atoms with Crippen molar-refractivity contribution in [2.75, 3.05) is 7.11 Å². The van der Waals surface area contributed by atoms with E-state index in [2.05, 4.69) is 17.4 Å². The van der Waals surface area contributed by atoms with E-state index >= 15 is 0 Å². The molecule has 144 valence electrons. The van der Waals surface area contributed by atoms with E-state index in [9.17, 15) is 9.59 Å². The zero-order valence-corrected chi connectivity index (χ0v) is 16.1. The Morgan fingerprint density at radius 3 is 2.89 bits per heavy atom. The molecule has 2 aromatic carbocycles. The van der Waals surface area contributed by atoms with Crippen molar-refractivity contribution in [3.63, 3.8) is 0 Å². The van der Waals surface area contributed by atoms with Crippen LogP contribution in [-0.2, 0) is 17.6 Å². The highest BCUT2D eigenvalue weighted by atomic mass is 16.5. The maximum Gasteiger partial charge on any atom is 0.339 e. The molecule has 1 aliphatic carbocycles. The van der Waals surface area contributed by atoms with Gasteiger partial charge in [0.2, 0.25) is 5.91 Å². The van der Waals surface area contributed by atoms with Crippen LogP contribution in [0.4, 0.5) is 0 Å². The third-order valence-corrected chi connectivity index (χ3v) is 5.56. The Morgan fingerprint density at radius 2 is 2.07 bits per heavy atom. The van der Waals surface area contributed by atoms with Crippen LogP contribution in [0.5, 0.6) is 5.75 Å². The first-order chi connectivity index (χ1) is 13.6. The van der Waals surface area contributed by atoms with Gasteiger partial charge in [-0.15, -0.1) is 0 Å². The van der Waals surface area contributed by atoms with Gasteiger partial charge in [0, 0.05) is 23.4 Å². The summed E-state index contributed by atoms with van der Waals surface area (Å²) in [5, 5.41) is 3.97. The summed E-state index contributed by atoms with van der Waals surface area (Å²) in [6, 6.07) is 13.7. The van der Waals surface area contributed by atoms with Gasteiger partial charge < -0.3 is 14.5 Å². The minimum atomic E-state index is -0.391. The third-order valence-electron chi connectivity index (χ3n) is 5.56. The van der Waals surface area contributed by atoms with Crippen molar-refractivity contribution in [3.05, 3.63) is 75.1 Å². The van der Waals surface area contributed by atoms with Crippen LogP contribution in [0.1, 0.15) is 41.1 Å². The number of hydrogen-bond acceptors (Lipinski definition) is 4. The monoisotopic (exact) mass is 377 g/mol. The summed E-state index contributed by atoms with van der Waals surface area (Å²) in [4.78, 5) is 24.9. The van der Waals surface area contributed by atoms with Gasteiger partial charge in [-0.2, -0.15) is 0 Å². The Bertz CT molecular complexity index is 1100. The van der Waals surface area contributed by atoms with E-state index in [4.69, 9.17) is 9.15 Å². The molecule has 1 N–H and O–H groups in total. The SMILES string of the molecule is COc1ccc2c(C)c(CCC(=O)NC3CCc4ccccc43)c(=O)oc2c1. The van der Waals surface area contributed by atoms with E-state index in [1.165, 1.54) is 11.1 Å². The van der Waals surface area contributed by atoms with Crippen molar-refractivity contribution in [1.29, 1.82) is 0 Å². The highest BCUT2D eigenvalue weighted by Gasteiger charge is 2.23. The smallest absolute Gasteiger partial charge is 0.339 e. The molecule has 1 unspecified atom stereocenters. The molecule has 0 bridgehead atoms.